The van der Waals surface area contributed by atoms with Crippen molar-refractivity contribution in [2.24, 2.45) is 0 Å². The van der Waals surface area contributed by atoms with Crippen LogP contribution in [0.15, 0.2) is 48.5 Å². The Kier molecular flexibility index (Phi) is 9.38. The molecule has 0 spiro atoms. The van der Waals surface area contributed by atoms with E-state index < -0.39 is 29.5 Å². The summed E-state index contributed by atoms with van der Waals surface area (Å²) in [7, 11) is 1.51. The van der Waals surface area contributed by atoms with Crippen LogP contribution in [0.1, 0.15) is 28.3 Å². The smallest absolute Gasteiger partial charge is 0.344 e. The summed E-state index contributed by atoms with van der Waals surface area (Å²) in [6, 6.07) is 10.1. The van der Waals surface area contributed by atoms with Crippen LogP contribution in [-0.2, 0) is 23.6 Å². The van der Waals surface area contributed by atoms with Crippen molar-refractivity contribution in [2.45, 2.75) is 24.8 Å². The summed E-state index contributed by atoms with van der Waals surface area (Å²) in [5.41, 5.74) is -2.06. The van der Waals surface area contributed by atoms with E-state index in [0.717, 1.165) is 5.56 Å². The molecule has 4 nitrogen and oxygen atoms in total. The third-order valence-corrected chi connectivity index (χ3v) is 5.63. The van der Waals surface area contributed by atoms with Crippen LogP contribution in [0, 0.1) is 0 Å². The lowest BCUT2D eigenvalue weighted by molar-refractivity contribution is -0.143. The highest BCUT2D eigenvalue weighted by Gasteiger charge is 2.37. The summed E-state index contributed by atoms with van der Waals surface area (Å²) in [6.07, 6.45) is -9.95. The first kappa shape index (κ1) is 27.9. The number of hydrogen-bond acceptors (Lipinski definition) is 3. The van der Waals surface area contributed by atoms with Gasteiger partial charge in [0.15, 0.2) is 0 Å². The molecule has 2 aromatic rings. The van der Waals surface area contributed by atoms with E-state index in [4.69, 9.17) is 0 Å². The molecule has 1 aliphatic heterocycles. The van der Waals surface area contributed by atoms with Gasteiger partial charge < -0.3 is 10.2 Å². The Labute approximate surface area is 200 Å². The fraction of sp³-hybridized carbons (Fsp3) is 0.435. The van der Waals surface area contributed by atoms with E-state index in [1.54, 1.807) is 0 Å². The standard InChI is InChI=1S/C23H25F6N3O.ClH/c1-31(10-7-16-13-18(22(24,25)26)15-19(14-16)23(27,28)29)21(33)20(17-5-3-2-4-6-17)32-11-8-30-9-12-32;/h2-6,13-15,20,30H,7-12H2,1H3;1H/t20-;/m0./s1. The van der Waals surface area contributed by atoms with Gasteiger partial charge in [-0.25, -0.2) is 0 Å². The molecule has 0 unspecified atom stereocenters. The molecular weight excluding hydrogens is 484 g/mol. The molecule has 1 amide bonds. The van der Waals surface area contributed by atoms with Gasteiger partial charge >= 0.3 is 12.4 Å². The fourth-order valence-corrected chi connectivity index (χ4v) is 3.86. The highest BCUT2D eigenvalue weighted by molar-refractivity contribution is 5.85. The molecule has 0 saturated carbocycles. The highest BCUT2D eigenvalue weighted by Crippen LogP contribution is 2.36. The lowest BCUT2D eigenvalue weighted by Gasteiger charge is -2.36. The third-order valence-electron chi connectivity index (χ3n) is 5.63. The van der Waals surface area contributed by atoms with E-state index in [2.05, 4.69) is 5.32 Å². The number of carbonyl (C=O) groups excluding carboxylic acids is 1. The average Bonchev–Trinajstić information content (AvgIpc) is 2.77. The summed E-state index contributed by atoms with van der Waals surface area (Å²) in [5.74, 6) is -0.258. The van der Waals surface area contributed by atoms with Gasteiger partial charge in [0.05, 0.1) is 11.1 Å². The lowest BCUT2D eigenvalue weighted by atomic mass is 10.0. The van der Waals surface area contributed by atoms with Crippen molar-refractivity contribution in [3.8, 4) is 0 Å². The minimum atomic E-state index is -4.90. The van der Waals surface area contributed by atoms with Gasteiger partial charge in [-0.3, -0.25) is 9.69 Å². The van der Waals surface area contributed by atoms with Gasteiger partial charge in [-0.15, -0.1) is 12.4 Å². The van der Waals surface area contributed by atoms with Crippen molar-refractivity contribution in [2.75, 3.05) is 39.8 Å². The Morgan fingerprint density at radius 3 is 2.00 bits per heavy atom. The zero-order valence-corrected chi connectivity index (χ0v) is 19.2. The number of carbonyl (C=O) groups is 1. The summed E-state index contributed by atoms with van der Waals surface area (Å²) < 4.78 is 78.7. The molecule has 0 radical (unpaired) electrons. The molecule has 188 valence electrons. The third kappa shape index (κ3) is 7.10. The predicted octanol–water partition coefficient (Wildman–Crippen LogP) is 4.79. The van der Waals surface area contributed by atoms with Crippen LogP contribution in [0.25, 0.3) is 0 Å². The molecule has 11 heteroatoms. The maximum atomic E-state index is 13.3. The summed E-state index contributed by atoms with van der Waals surface area (Å²) >= 11 is 0. The van der Waals surface area contributed by atoms with Crippen molar-refractivity contribution in [3.05, 3.63) is 70.8 Å². The number of halogens is 7. The zero-order chi connectivity index (χ0) is 24.2. The molecule has 34 heavy (non-hydrogen) atoms. The molecule has 0 aliphatic carbocycles. The molecule has 1 atom stereocenters. The summed E-state index contributed by atoms with van der Waals surface area (Å²) in [5, 5.41) is 3.22. The molecule has 0 aromatic heterocycles. The second kappa shape index (κ2) is 11.4. The Bertz CT molecular complexity index is 914. The number of amides is 1. The topological polar surface area (TPSA) is 35.6 Å². The number of nitrogens with one attached hydrogen (secondary N) is 1. The number of hydrogen-bond donors (Lipinski definition) is 1. The Hall–Kier alpha value is -2.30. The van der Waals surface area contributed by atoms with Crippen LogP contribution < -0.4 is 5.32 Å². The molecule has 1 N–H and O–H groups in total. The van der Waals surface area contributed by atoms with Crippen LogP contribution in [-0.4, -0.2) is 55.5 Å². The monoisotopic (exact) mass is 509 g/mol. The number of likely N-dealkylation sites (N-methyl/N-ethyl adjacent to an activating group) is 1. The van der Waals surface area contributed by atoms with E-state index in [1.165, 1.54) is 11.9 Å². The van der Waals surface area contributed by atoms with E-state index in [0.29, 0.717) is 38.3 Å². The van der Waals surface area contributed by atoms with Crippen molar-refractivity contribution in [1.29, 1.82) is 0 Å². The average molecular weight is 510 g/mol. The fourth-order valence-electron chi connectivity index (χ4n) is 3.86. The van der Waals surface area contributed by atoms with Crippen molar-refractivity contribution >= 4 is 18.3 Å². The molecule has 1 aliphatic rings. The molecule has 1 saturated heterocycles. The maximum Gasteiger partial charge on any atom is 0.416 e. The van der Waals surface area contributed by atoms with E-state index >= 15 is 0 Å². The lowest BCUT2D eigenvalue weighted by Crippen LogP contribution is -2.50. The predicted molar refractivity (Wildman–Crippen MR) is 119 cm³/mol. The molecule has 1 heterocycles. The quantitative estimate of drug-likeness (QED) is 0.569. The molecule has 3 rings (SSSR count). The van der Waals surface area contributed by atoms with Gasteiger partial charge in [-0.1, -0.05) is 30.3 Å². The maximum absolute atomic E-state index is 13.3. The number of benzene rings is 2. The van der Waals surface area contributed by atoms with E-state index in [1.807, 2.05) is 35.2 Å². The second-order valence-electron chi connectivity index (χ2n) is 8.02. The van der Waals surface area contributed by atoms with Crippen LogP contribution >= 0.6 is 12.4 Å². The largest absolute Gasteiger partial charge is 0.416 e. The molecule has 0 bridgehead atoms. The minimum absolute atomic E-state index is 0. The van der Waals surface area contributed by atoms with Crippen molar-refractivity contribution in [1.82, 2.24) is 15.1 Å². The SMILES string of the molecule is CN(CCc1cc(C(F)(F)F)cc(C(F)(F)F)c1)C(=O)[C@H](c1ccccc1)N1CCNCC1.Cl. The number of nitrogens with zero attached hydrogens (tertiary/aromatic N) is 2. The van der Waals surface area contributed by atoms with Crippen molar-refractivity contribution in [3.63, 3.8) is 0 Å². The van der Waals surface area contributed by atoms with Gasteiger partial charge in [0.25, 0.3) is 0 Å². The van der Waals surface area contributed by atoms with Gasteiger partial charge in [-0.2, -0.15) is 26.3 Å². The highest BCUT2D eigenvalue weighted by atomic mass is 35.5. The van der Waals surface area contributed by atoms with Crippen LogP contribution in [0.5, 0.6) is 0 Å². The number of rotatable bonds is 6. The Morgan fingerprint density at radius 1 is 0.971 bits per heavy atom. The molecule has 2 aromatic carbocycles. The normalized spacial score (nSPS) is 16.0. The summed E-state index contributed by atoms with van der Waals surface area (Å²) in [4.78, 5) is 16.7. The van der Waals surface area contributed by atoms with Gasteiger partial charge in [-0.05, 0) is 35.7 Å². The van der Waals surface area contributed by atoms with Crippen LogP contribution in [0.3, 0.4) is 0 Å². The Balaban J connectivity index is 0.00000408. The number of alkyl halides is 6. The first-order chi connectivity index (χ1) is 15.5. The first-order valence-corrected chi connectivity index (χ1v) is 10.5. The Morgan fingerprint density at radius 2 is 1.50 bits per heavy atom. The second-order valence-corrected chi connectivity index (χ2v) is 8.02. The van der Waals surface area contributed by atoms with Gasteiger partial charge in [0, 0.05) is 39.8 Å². The molecule has 1 fully saturated rings. The van der Waals surface area contributed by atoms with E-state index in [-0.39, 0.29) is 42.9 Å². The van der Waals surface area contributed by atoms with Crippen molar-refractivity contribution < 1.29 is 31.1 Å². The number of piperazine rings is 1. The first-order valence-electron chi connectivity index (χ1n) is 10.5. The zero-order valence-electron chi connectivity index (χ0n) is 18.4. The summed E-state index contributed by atoms with van der Waals surface area (Å²) in [6.45, 7) is 2.69. The minimum Gasteiger partial charge on any atom is -0.344 e. The van der Waals surface area contributed by atoms with E-state index in [9.17, 15) is 31.1 Å². The van der Waals surface area contributed by atoms with Crippen LogP contribution in [0.4, 0.5) is 26.3 Å². The molecular formula is C23H26ClF6N3O. The van der Waals surface area contributed by atoms with Crippen LogP contribution in [0.2, 0.25) is 0 Å². The van der Waals surface area contributed by atoms with Gasteiger partial charge in [0.2, 0.25) is 5.91 Å². The van der Waals surface area contributed by atoms with Gasteiger partial charge in [0.1, 0.15) is 6.04 Å².